The van der Waals surface area contributed by atoms with E-state index in [9.17, 15) is 0 Å². The van der Waals surface area contributed by atoms with Gasteiger partial charge in [0.2, 0.25) is 0 Å². The molecule has 2 heteroatoms. The second-order valence-electron chi connectivity index (χ2n) is 5.29. The first-order valence-electron chi connectivity index (χ1n) is 5.50. The molecular formula is C11H25N2+. The highest BCUT2D eigenvalue weighted by Crippen LogP contribution is 2.15. The number of hydrogen-bond acceptors (Lipinski definition) is 1. The summed E-state index contributed by atoms with van der Waals surface area (Å²) in [7, 11) is 4.71. The molecule has 1 atom stereocenters. The minimum absolute atomic E-state index is 0.709. The molecule has 2 nitrogen and oxygen atoms in total. The van der Waals surface area contributed by atoms with E-state index in [0.29, 0.717) is 6.04 Å². The SMILES string of the molecule is CC(C)N1CCC[N+](C)(C)[C@@H](C)C1. The zero-order valence-corrected chi connectivity index (χ0v) is 9.88. The molecule has 0 unspecified atom stereocenters. The Morgan fingerprint density at radius 2 is 1.92 bits per heavy atom. The van der Waals surface area contributed by atoms with Gasteiger partial charge in [-0.3, -0.25) is 4.90 Å². The molecule has 1 fully saturated rings. The van der Waals surface area contributed by atoms with Crippen molar-refractivity contribution in [3.63, 3.8) is 0 Å². The zero-order valence-electron chi connectivity index (χ0n) is 9.88. The van der Waals surface area contributed by atoms with Gasteiger partial charge in [0.15, 0.2) is 0 Å². The average Bonchev–Trinajstić information content (AvgIpc) is 2.12. The standard InChI is InChI=1S/C11H25N2/c1-10(2)12-7-6-8-13(4,5)11(3)9-12/h10-11H,6-9H2,1-5H3/q+1/t11-/m0/s1. The second-order valence-corrected chi connectivity index (χ2v) is 5.29. The van der Waals surface area contributed by atoms with Crippen LogP contribution in [0.1, 0.15) is 27.2 Å². The van der Waals surface area contributed by atoms with Crippen molar-refractivity contribution in [3.05, 3.63) is 0 Å². The molecule has 0 spiro atoms. The highest BCUT2D eigenvalue weighted by molar-refractivity contribution is 4.70. The van der Waals surface area contributed by atoms with Crippen LogP contribution >= 0.6 is 0 Å². The van der Waals surface area contributed by atoms with Gasteiger partial charge in [-0.1, -0.05) is 0 Å². The van der Waals surface area contributed by atoms with E-state index in [1.807, 2.05) is 0 Å². The van der Waals surface area contributed by atoms with E-state index in [4.69, 9.17) is 0 Å². The molecule has 1 heterocycles. The quantitative estimate of drug-likeness (QED) is 0.560. The molecule has 0 radical (unpaired) electrons. The van der Waals surface area contributed by atoms with Crippen molar-refractivity contribution in [3.8, 4) is 0 Å². The van der Waals surface area contributed by atoms with Crippen molar-refractivity contribution in [1.29, 1.82) is 0 Å². The first-order chi connectivity index (χ1) is 5.93. The summed E-state index contributed by atoms with van der Waals surface area (Å²) in [5.74, 6) is 0. The molecule has 1 aliphatic rings. The average molecular weight is 185 g/mol. The number of rotatable bonds is 1. The molecule has 1 rings (SSSR count). The van der Waals surface area contributed by atoms with Crippen molar-refractivity contribution in [2.75, 3.05) is 33.7 Å². The van der Waals surface area contributed by atoms with Crippen molar-refractivity contribution in [1.82, 2.24) is 4.90 Å². The Hall–Kier alpha value is -0.0800. The largest absolute Gasteiger partial charge is 0.325 e. The fourth-order valence-electron chi connectivity index (χ4n) is 2.02. The summed E-state index contributed by atoms with van der Waals surface area (Å²) in [4.78, 5) is 2.61. The fourth-order valence-corrected chi connectivity index (χ4v) is 2.02. The molecule has 0 aromatic heterocycles. The van der Waals surface area contributed by atoms with E-state index < -0.39 is 0 Å². The summed E-state index contributed by atoms with van der Waals surface area (Å²) in [5.41, 5.74) is 0. The van der Waals surface area contributed by atoms with Gasteiger partial charge in [0.25, 0.3) is 0 Å². The van der Waals surface area contributed by atoms with Gasteiger partial charge in [0.1, 0.15) is 0 Å². The Kier molecular flexibility index (Phi) is 3.36. The summed E-state index contributed by atoms with van der Waals surface area (Å²) in [5, 5.41) is 0. The van der Waals surface area contributed by atoms with Crippen molar-refractivity contribution < 1.29 is 4.48 Å². The molecule has 13 heavy (non-hydrogen) atoms. The van der Waals surface area contributed by atoms with Gasteiger partial charge in [-0.2, -0.15) is 0 Å². The lowest BCUT2D eigenvalue weighted by atomic mass is 10.2. The third-order valence-corrected chi connectivity index (χ3v) is 3.60. The molecule has 0 aliphatic carbocycles. The van der Waals surface area contributed by atoms with Crippen molar-refractivity contribution in [2.24, 2.45) is 0 Å². The molecule has 78 valence electrons. The number of quaternary nitrogens is 1. The van der Waals surface area contributed by atoms with Crippen molar-refractivity contribution >= 4 is 0 Å². The molecule has 0 amide bonds. The minimum atomic E-state index is 0.709. The van der Waals surface area contributed by atoms with Gasteiger partial charge >= 0.3 is 0 Å². The molecule has 1 saturated heterocycles. The van der Waals surface area contributed by atoms with E-state index in [1.165, 1.54) is 30.5 Å². The van der Waals surface area contributed by atoms with Crippen LogP contribution in [0.5, 0.6) is 0 Å². The topological polar surface area (TPSA) is 3.24 Å². The Morgan fingerprint density at radius 1 is 1.31 bits per heavy atom. The maximum Gasteiger partial charge on any atom is 0.0986 e. The van der Waals surface area contributed by atoms with E-state index in [1.54, 1.807) is 0 Å². The lowest BCUT2D eigenvalue weighted by Crippen LogP contribution is -2.50. The van der Waals surface area contributed by atoms with E-state index in [0.717, 1.165) is 6.04 Å². The van der Waals surface area contributed by atoms with Gasteiger partial charge in [0, 0.05) is 19.0 Å². The van der Waals surface area contributed by atoms with Gasteiger partial charge in [-0.05, 0) is 20.8 Å². The van der Waals surface area contributed by atoms with Gasteiger partial charge in [-0.15, -0.1) is 0 Å². The van der Waals surface area contributed by atoms with Crippen LogP contribution in [0.4, 0.5) is 0 Å². The zero-order chi connectivity index (χ0) is 10.1. The predicted octanol–water partition coefficient (Wildman–Crippen LogP) is 1.57. The van der Waals surface area contributed by atoms with Gasteiger partial charge in [0.05, 0.1) is 33.2 Å². The van der Waals surface area contributed by atoms with Gasteiger partial charge in [-0.25, -0.2) is 0 Å². The van der Waals surface area contributed by atoms with E-state index in [-0.39, 0.29) is 0 Å². The first-order valence-corrected chi connectivity index (χ1v) is 5.50. The summed E-state index contributed by atoms with van der Waals surface area (Å²) < 4.78 is 1.18. The Bertz CT molecular complexity index is 163. The summed E-state index contributed by atoms with van der Waals surface area (Å²) in [6, 6.07) is 1.48. The summed E-state index contributed by atoms with van der Waals surface area (Å²) in [6.07, 6.45) is 1.34. The molecule has 0 aromatic carbocycles. The fraction of sp³-hybridized carbons (Fsp3) is 1.00. The summed E-state index contributed by atoms with van der Waals surface area (Å²) >= 11 is 0. The Morgan fingerprint density at radius 3 is 2.46 bits per heavy atom. The van der Waals surface area contributed by atoms with Crippen LogP contribution < -0.4 is 0 Å². The smallest absolute Gasteiger partial charge is 0.0986 e. The highest BCUT2D eigenvalue weighted by atomic mass is 15.4. The lowest BCUT2D eigenvalue weighted by Gasteiger charge is -2.35. The molecule has 0 aromatic rings. The van der Waals surface area contributed by atoms with Crippen LogP contribution in [-0.2, 0) is 0 Å². The Balaban J connectivity index is 2.61. The van der Waals surface area contributed by atoms with Crippen LogP contribution in [0.25, 0.3) is 0 Å². The van der Waals surface area contributed by atoms with Gasteiger partial charge < -0.3 is 4.48 Å². The number of likely N-dealkylation sites (N-methyl/N-ethyl adjacent to an activating group) is 1. The van der Waals surface area contributed by atoms with Crippen LogP contribution in [0, 0.1) is 0 Å². The van der Waals surface area contributed by atoms with E-state index >= 15 is 0 Å². The highest BCUT2D eigenvalue weighted by Gasteiger charge is 2.29. The van der Waals surface area contributed by atoms with Crippen LogP contribution in [-0.4, -0.2) is 55.2 Å². The molecule has 0 saturated carbocycles. The number of nitrogens with zero attached hydrogens (tertiary/aromatic N) is 2. The van der Waals surface area contributed by atoms with Crippen LogP contribution in [0.15, 0.2) is 0 Å². The molecule has 1 aliphatic heterocycles. The Labute approximate surface area is 83.1 Å². The van der Waals surface area contributed by atoms with Crippen LogP contribution in [0.3, 0.4) is 0 Å². The summed E-state index contributed by atoms with van der Waals surface area (Å²) in [6.45, 7) is 10.8. The van der Waals surface area contributed by atoms with Crippen molar-refractivity contribution in [2.45, 2.75) is 39.3 Å². The molecule has 0 bridgehead atoms. The van der Waals surface area contributed by atoms with E-state index in [2.05, 4.69) is 39.8 Å². The normalized spacial score (nSPS) is 30.5. The third-order valence-electron chi connectivity index (χ3n) is 3.60. The number of hydrogen-bond donors (Lipinski definition) is 0. The second kappa shape index (κ2) is 3.97. The molecular weight excluding hydrogens is 160 g/mol. The maximum absolute atomic E-state index is 2.61. The minimum Gasteiger partial charge on any atom is -0.325 e. The van der Waals surface area contributed by atoms with Crippen LogP contribution in [0.2, 0.25) is 0 Å². The lowest BCUT2D eigenvalue weighted by molar-refractivity contribution is -0.911. The maximum atomic E-state index is 2.61. The molecule has 0 N–H and O–H groups in total. The third kappa shape index (κ3) is 2.68. The first kappa shape index (κ1) is 11.0. The predicted molar refractivity (Wildman–Crippen MR) is 57.8 cm³/mol. The monoisotopic (exact) mass is 185 g/mol.